The summed E-state index contributed by atoms with van der Waals surface area (Å²) in [5.74, 6) is 0.739. The van der Waals surface area contributed by atoms with E-state index in [9.17, 15) is 9.59 Å². The number of aryl methyl sites for hydroxylation is 1. The lowest BCUT2D eigenvalue weighted by atomic mass is 10.1. The fourth-order valence-corrected chi connectivity index (χ4v) is 3.49. The molecule has 0 bridgehead atoms. The number of carbonyl (C=O) groups excluding carboxylic acids is 2. The zero-order valence-electron chi connectivity index (χ0n) is 17.2. The number of carbonyl (C=O) groups is 2. The fraction of sp³-hybridized carbons (Fsp3) is 0.280. The monoisotopic (exact) mass is 436 g/mol. The first-order valence-electron chi connectivity index (χ1n) is 10.5. The normalized spacial score (nSPS) is 13.1. The predicted octanol–water partition coefficient (Wildman–Crippen LogP) is 4.99. The van der Waals surface area contributed by atoms with Crippen molar-refractivity contribution in [1.82, 2.24) is 10.2 Å². The van der Waals surface area contributed by atoms with Crippen LogP contribution in [0.25, 0.3) is 0 Å². The second-order valence-electron chi connectivity index (χ2n) is 7.90. The Morgan fingerprint density at radius 1 is 0.968 bits per heavy atom. The summed E-state index contributed by atoms with van der Waals surface area (Å²) in [7, 11) is 0. The molecule has 1 aromatic heterocycles. The Morgan fingerprint density at radius 2 is 1.68 bits per heavy atom. The first-order valence-corrected chi connectivity index (χ1v) is 10.9. The van der Waals surface area contributed by atoms with Crippen LogP contribution in [0.4, 0.5) is 0 Å². The van der Waals surface area contributed by atoms with Crippen LogP contribution in [-0.4, -0.2) is 22.8 Å². The third-order valence-electron chi connectivity index (χ3n) is 5.32. The minimum atomic E-state index is -0.0412. The Balaban J connectivity index is 1.40. The highest BCUT2D eigenvalue weighted by Gasteiger charge is 2.23. The molecular weight excluding hydrogens is 412 g/mol. The SMILES string of the molecule is O=C(NC1CC1)c1ccc(CN(Cc2ccco2)C(=O)CCc2ccc(Cl)cc2)cc1. The van der Waals surface area contributed by atoms with Crippen molar-refractivity contribution in [1.29, 1.82) is 0 Å². The molecule has 1 N–H and O–H groups in total. The maximum absolute atomic E-state index is 13.0. The van der Waals surface area contributed by atoms with E-state index < -0.39 is 0 Å². The molecule has 1 heterocycles. The van der Waals surface area contributed by atoms with Gasteiger partial charge in [-0.1, -0.05) is 35.9 Å². The molecule has 31 heavy (non-hydrogen) atoms. The van der Waals surface area contributed by atoms with Gasteiger partial charge in [-0.2, -0.15) is 0 Å². The summed E-state index contributed by atoms with van der Waals surface area (Å²) < 4.78 is 5.46. The number of hydrogen-bond acceptors (Lipinski definition) is 3. The van der Waals surface area contributed by atoms with Gasteiger partial charge in [-0.05, 0) is 66.8 Å². The quantitative estimate of drug-likeness (QED) is 0.514. The predicted molar refractivity (Wildman–Crippen MR) is 120 cm³/mol. The van der Waals surface area contributed by atoms with Gasteiger partial charge in [0.2, 0.25) is 5.91 Å². The average Bonchev–Trinajstić information content (AvgIpc) is 3.44. The number of rotatable bonds is 9. The minimum Gasteiger partial charge on any atom is -0.467 e. The molecule has 2 amide bonds. The molecule has 1 aliphatic carbocycles. The van der Waals surface area contributed by atoms with Gasteiger partial charge in [0.25, 0.3) is 5.91 Å². The third kappa shape index (κ3) is 6.22. The first kappa shape index (κ1) is 21.2. The van der Waals surface area contributed by atoms with Gasteiger partial charge in [-0.15, -0.1) is 0 Å². The van der Waals surface area contributed by atoms with Crippen LogP contribution in [0.3, 0.4) is 0 Å². The molecule has 0 unspecified atom stereocenters. The van der Waals surface area contributed by atoms with Crippen LogP contribution in [0.2, 0.25) is 5.02 Å². The van der Waals surface area contributed by atoms with Gasteiger partial charge >= 0.3 is 0 Å². The number of nitrogens with one attached hydrogen (secondary N) is 1. The van der Waals surface area contributed by atoms with Gasteiger partial charge in [0.1, 0.15) is 5.76 Å². The summed E-state index contributed by atoms with van der Waals surface area (Å²) in [6.45, 7) is 0.848. The third-order valence-corrected chi connectivity index (χ3v) is 5.57. The van der Waals surface area contributed by atoms with Crippen LogP contribution in [0.15, 0.2) is 71.3 Å². The highest BCUT2D eigenvalue weighted by Crippen LogP contribution is 2.20. The van der Waals surface area contributed by atoms with E-state index in [-0.39, 0.29) is 11.8 Å². The molecule has 160 valence electrons. The first-order chi connectivity index (χ1) is 15.1. The highest BCUT2D eigenvalue weighted by molar-refractivity contribution is 6.30. The summed E-state index contributed by atoms with van der Waals surface area (Å²) in [6.07, 6.45) is 4.77. The van der Waals surface area contributed by atoms with Crippen molar-refractivity contribution in [3.63, 3.8) is 0 Å². The zero-order chi connectivity index (χ0) is 21.6. The van der Waals surface area contributed by atoms with Gasteiger partial charge in [0.05, 0.1) is 12.8 Å². The number of furan rings is 1. The van der Waals surface area contributed by atoms with Crippen LogP contribution in [0.5, 0.6) is 0 Å². The van der Waals surface area contributed by atoms with Crippen LogP contribution < -0.4 is 5.32 Å². The molecular formula is C25H25ClN2O3. The van der Waals surface area contributed by atoms with E-state index in [4.69, 9.17) is 16.0 Å². The largest absolute Gasteiger partial charge is 0.467 e. The molecule has 1 fully saturated rings. The van der Waals surface area contributed by atoms with E-state index >= 15 is 0 Å². The smallest absolute Gasteiger partial charge is 0.251 e. The number of amides is 2. The molecule has 1 aliphatic rings. The molecule has 0 atom stereocenters. The molecule has 1 saturated carbocycles. The highest BCUT2D eigenvalue weighted by atomic mass is 35.5. The van der Waals surface area contributed by atoms with Crippen LogP contribution >= 0.6 is 11.6 Å². The van der Waals surface area contributed by atoms with Gasteiger partial charge in [0.15, 0.2) is 0 Å². The lowest BCUT2D eigenvalue weighted by Gasteiger charge is -2.22. The molecule has 0 aliphatic heterocycles. The number of benzene rings is 2. The van der Waals surface area contributed by atoms with Crippen molar-refractivity contribution in [2.24, 2.45) is 0 Å². The van der Waals surface area contributed by atoms with Crippen LogP contribution in [0, 0.1) is 0 Å². The maximum Gasteiger partial charge on any atom is 0.251 e. The minimum absolute atomic E-state index is 0.0412. The maximum atomic E-state index is 13.0. The Morgan fingerprint density at radius 3 is 2.32 bits per heavy atom. The van der Waals surface area contributed by atoms with E-state index in [2.05, 4.69) is 5.32 Å². The van der Waals surface area contributed by atoms with E-state index in [1.807, 2.05) is 60.7 Å². The zero-order valence-corrected chi connectivity index (χ0v) is 18.0. The van der Waals surface area contributed by atoms with Crippen molar-refractivity contribution < 1.29 is 14.0 Å². The summed E-state index contributed by atoms with van der Waals surface area (Å²) >= 11 is 5.94. The molecule has 6 heteroatoms. The number of halogens is 1. The second-order valence-corrected chi connectivity index (χ2v) is 8.34. The summed E-state index contributed by atoms with van der Waals surface area (Å²) in [6, 6.07) is 19.0. The number of hydrogen-bond donors (Lipinski definition) is 1. The summed E-state index contributed by atoms with van der Waals surface area (Å²) in [5, 5.41) is 3.67. The van der Waals surface area contributed by atoms with E-state index in [0.717, 1.165) is 29.7 Å². The van der Waals surface area contributed by atoms with Crippen molar-refractivity contribution in [2.75, 3.05) is 0 Å². The Hall–Kier alpha value is -3.05. The van der Waals surface area contributed by atoms with Crippen molar-refractivity contribution in [2.45, 2.75) is 44.8 Å². The Bertz CT molecular complexity index is 1010. The molecule has 0 spiro atoms. The summed E-state index contributed by atoms with van der Waals surface area (Å²) in [5.41, 5.74) is 2.68. The van der Waals surface area contributed by atoms with Crippen LogP contribution in [0.1, 0.15) is 46.5 Å². The molecule has 2 aromatic carbocycles. The average molecular weight is 437 g/mol. The fourth-order valence-electron chi connectivity index (χ4n) is 3.36. The van der Waals surface area contributed by atoms with Gasteiger partial charge < -0.3 is 14.6 Å². The standard InChI is InChI=1S/C25H25ClN2O3/c26-21-10-5-18(6-11-21)7-14-24(29)28(17-23-2-1-15-31-23)16-19-3-8-20(9-4-19)25(30)27-22-12-13-22/h1-6,8-11,15,22H,7,12-14,16-17H2,(H,27,30). The molecule has 4 rings (SSSR count). The summed E-state index contributed by atoms with van der Waals surface area (Å²) in [4.78, 5) is 27.0. The van der Waals surface area contributed by atoms with Crippen molar-refractivity contribution >= 4 is 23.4 Å². The molecule has 0 radical (unpaired) electrons. The van der Waals surface area contributed by atoms with E-state index in [1.165, 1.54) is 0 Å². The lowest BCUT2D eigenvalue weighted by molar-refractivity contribution is -0.132. The Labute approximate surface area is 187 Å². The van der Waals surface area contributed by atoms with Gasteiger partial charge in [0, 0.05) is 29.6 Å². The van der Waals surface area contributed by atoms with Crippen molar-refractivity contribution in [3.8, 4) is 0 Å². The molecule has 5 nitrogen and oxygen atoms in total. The van der Waals surface area contributed by atoms with Crippen LogP contribution in [-0.2, 0) is 24.3 Å². The van der Waals surface area contributed by atoms with E-state index in [0.29, 0.717) is 42.6 Å². The van der Waals surface area contributed by atoms with Crippen molar-refractivity contribution in [3.05, 3.63) is 94.4 Å². The van der Waals surface area contributed by atoms with E-state index in [1.54, 1.807) is 11.2 Å². The topological polar surface area (TPSA) is 62.6 Å². The van der Waals surface area contributed by atoms with Gasteiger partial charge in [-0.3, -0.25) is 9.59 Å². The molecule has 0 saturated heterocycles. The second kappa shape index (κ2) is 9.84. The number of nitrogens with zero attached hydrogens (tertiary/aromatic N) is 1. The Kier molecular flexibility index (Phi) is 6.73. The molecule has 3 aromatic rings. The van der Waals surface area contributed by atoms with Gasteiger partial charge in [-0.25, -0.2) is 0 Å². The lowest BCUT2D eigenvalue weighted by Crippen LogP contribution is -2.30.